The minimum atomic E-state index is -0.0787. The van der Waals surface area contributed by atoms with Gasteiger partial charge in [0.1, 0.15) is 6.33 Å². The highest BCUT2D eigenvalue weighted by Crippen LogP contribution is 2.54. The third kappa shape index (κ3) is 3.82. The molecule has 0 radical (unpaired) electrons. The average molecular weight is 575 g/mol. The Bertz CT molecular complexity index is 2450. The Morgan fingerprint density at radius 1 is 0.467 bits per heavy atom. The summed E-state index contributed by atoms with van der Waals surface area (Å²) in [4.78, 5) is 9.00. The normalized spacial score (nSPS) is 13.3. The van der Waals surface area contributed by atoms with Crippen LogP contribution in [0, 0.1) is 0 Å². The van der Waals surface area contributed by atoms with Gasteiger partial charge in [-0.3, -0.25) is 0 Å². The summed E-state index contributed by atoms with van der Waals surface area (Å²) in [7, 11) is 0. The third-order valence-electron chi connectivity index (χ3n) is 9.82. The van der Waals surface area contributed by atoms with Gasteiger partial charge in [-0.15, -0.1) is 0 Å². The molecule has 1 aliphatic carbocycles. The van der Waals surface area contributed by atoms with E-state index in [1.165, 1.54) is 76.8 Å². The first-order valence-corrected chi connectivity index (χ1v) is 15.6. The van der Waals surface area contributed by atoms with Crippen LogP contribution in [0.3, 0.4) is 0 Å². The van der Waals surface area contributed by atoms with Crippen LogP contribution < -0.4 is 0 Å². The number of rotatable bonds is 3. The van der Waals surface area contributed by atoms with Gasteiger partial charge in [0.2, 0.25) is 0 Å². The molecular weight excluding hydrogens is 544 g/mol. The van der Waals surface area contributed by atoms with E-state index in [-0.39, 0.29) is 5.41 Å². The van der Waals surface area contributed by atoms with Gasteiger partial charge in [-0.2, -0.15) is 0 Å². The summed E-state index contributed by atoms with van der Waals surface area (Å²) in [5.74, 6) is 0. The lowest BCUT2D eigenvalue weighted by Gasteiger charge is -2.22. The van der Waals surface area contributed by atoms with Crippen molar-refractivity contribution in [3.63, 3.8) is 0 Å². The van der Waals surface area contributed by atoms with Crippen molar-refractivity contribution in [2.45, 2.75) is 19.3 Å². The van der Waals surface area contributed by atoms with E-state index < -0.39 is 0 Å². The Morgan fingerprint density at radius 2 is 1.13 bits per heavy atom. The molecule has 0 N–H and O–H groups in total. The molecule has 2 heteroatoms. The average Bonchev–Trinajstić information content (AvgIpc) is 3.33. The van der Waals surface area contributed by atoms with Gasteiger partial charge < -0.3 is 0 Å². The lowest BCUT2D eigenvalue weighted by atomic mass is 9.80. The van der Waals surface area contributed by atoms with E-state index in [4.69, 9.17) is 4.98 Å². The number of hydrogen-bond donors (Lipinski definition) is 0. The number of benzene rings is 7. The summed E-state index contributed by atoms with van der Waals surface area (Å²) in [6.45, 7) is 4.71. The molecule has 2 nitrogen and oxygen atoms in total. The van der Waals surface area contributed by atoms with Crippen LogP contribution in [-0.4, -0.2) is 9.97 Å². The second-order valence-electron chi connectivity index (χ2n) is 12.6. The van der Waals surface area contributed by atoms with Crippen molar-refractivity contribution in [3.8, 4) is 44.6 Å². The van der Waals surface area contributed by atoms with Crippen LogP contribution in [0.15, 0.2) is 146 Å². The predicted molar refractivity (Wildman–Crippen MR) is 188 cm³/mol. The molecule has 0 saturated carbocycles. The SMILES string of the molecule is CC1(C)c2ccccc2-c2c(-c3c4ccccc4c(-c4ccncn4)c4ccc(-c5ccc6ccccc6c5)cc34)cccc21. The number of hydrogen-bond acceptors (Lipinski definition) is 2. The molecular formula is C43H30N2. The van der Waals surface area contributed by atoms with E-state index in [0.29, 0.717) is 0 Å². The summed E-state index contributed by atoms with van der Waals surface area (Å²) in [6.07, 6.45) is 3.49. The first kappa shape index (κ1) is 25.9. The van der Waals surface area contributed by atoms with Crippen LogP contribution in [0.25, 0.3) is 77.0 Å². The van der Waals surface area contributed by atoms with Crippen molar-refractivity contribution in [3.05, 3.63) is 157 Å². The van der Waals surface area contributed by atoms with Crippen LogP contribution in [0.5, 0.6) is 0 Å². The van der Waals surface area contributed by atoms with Gasteiger partial charge in [0.15, 0.2) is 0 Å². The maximum absolute atomic E-state index is 4.76. The predicted octanol–water partition coefficient (Wildman–Crippen LogP) is 11.2. The second-order valence-corrected chi connectivity index (χ2v) is 12.6. The van der Waals surface area contributed by atoms with E-state index in [0.717, 1.165) is 11.3 Å². The number of fused-ring (bicyclic) bond motifs is 6. The molecule has 9 rings (SSSR count). The Kier molecular flexibility index (Phi) is 5.58. The van der Waals surface area contributed by atoms with E-state index in [2.05, 4.69) is 146 Å². The van der Waals surface area contributed by atoms with Crippen molar-refractivity contribution in [1.29, 1.82) is 0 Å². The summed E-state index contributed by atoms with van der Waals surface area (Å²) in [5.41, 5.74) is 12.4. The fourth-order valence-corrected chi connectivity index (χ4v) is 7.69. The highest BCUT2D eigenvalue weighted by molar-refractivity contribution is 6.23. The number of nitrogens with zero attached hydrogens (tertiary/aromatic N) is 2. The van der Waals surface area contributed by atoms with Crippen LogP contribution >= 0.6 is 0 Å². The van der Waals surface area contributed by atoms with Gasteiger partial charge in [-0.25, -0.2) is 9.97 Å². The zero-order valence-electron chi connectivity index (χ0n) is 25.3. The highest BCUT2D eigenvalue weighted by atomic mass is 14.8. The van der Waals surface area contributed by atoms with E-state index in [9.17, 15) is 0 Å². The lowest BCUT2D eigenvalue weighted by molar-refractivity contribution is 0.660. The van der Waals surface area contributed by atoms with Gasteiger partial charge in [0.25, 0.3) is 0 Å². The zero-order valence-corrected chi connectivity index (χ0v) is 25.3. The molecule has 8 aromatic rings. The minimum absolute atomic E-state index is 0.0787. The first-order valence-electron chi connectivity index (χ1n) is 15.6. The third-order valence-corrected chi connectivity index (χ3v) is 9.82. The molecule has 0 bridgehead atoms. The first-order chi connectivity index (χ1) is 22.1. The summed E-state index contributed by atoms with van der Waals surface area (Å²) >= 11 is 0. The van der Waals surface area contributed by atoms with Gasteiger partial charge in [-0.05, 0) is 95.0 Å². The van der Waals surface area contributed by atoms with Gasteiger partial charge in [0.05, 0.1) is 5.69 Å². The van der Waals surface area contributed by atoms with E-state index >= 15 is 0 Å². The van der Waals surface area contributed by atoms with Crippen LogP contribution in [0.1, 0.15) is 25.0 Å². The quantitative estimate of drug-likeness (QED) is 0.196. The molecule has 1 aromatic heterocycles. The fourth-order valence-electron chi connectivity index (χ4n) is 7.69. The smallest absolute Gasteiger partial charge is 0.116 e. The van der Waals surface area contributed by atoms with Crippen molar-refractivity contribution in [2.24, 2.45) is 0 Å². The standard InChI is InChI=1S/C43H30N2/c1-43(2)37-16-8-7-14-34(37)41-35(15-9-17-38(41)43)40-31-12-5-6-13-32(31)42(39-22-23-44-26-45-39)33-21-20-30(25-36(33)40)29-19-18-27-10-3-4-11-28(27)24-29/h3-26H,1-2H3. The maximum atomic E-state index is 4.76. The van der Waals surface area contributed by atoms with Crippen molar-refractivity contribution in [1.82, 2.24) is 9.97 Å². The Hall–Kier alpha value is -5.60. The van der Waals surface area contributed by atoms with Crippen molar-refractivity contribution in [2.75, 3.05) is 0 Å². The van der Waals surface area contributed by atoms with Crippen molar-refractivity contribution >= 4 is 32.3 Å². The van der Waals surface area contributed by atoms with Gasteiger partial charge in [-0.1, -0.05) is 129 Å². The molecule has 0 saturated heterocycles. The minimum Gasteiger partial charge on any atom is -0.245 e. The zero-order chi connectivity index (χ0) is 30.1. The Labute approximate surface area is 262 Å². The van der Waals surface area contributed by atoms with Gasteiger partial charge in [0, 0.05) is 17.2 Å². The molecule has 0 amide bonds. The Balaban J connectivity index is 1.43. The second kappa shape index (κ2) is 9.70. The van der Waals surface area contributed by atoms with Crippen LogP contribution in [-0.2, 0) is 5.41 Å². The lowest BCUT2D eigenvalue weighted by Crippen LogP contribution is -2.14. The molecule has 0 unspecified atom stereocenters. The molecule has 0 aliphatic heterocycles. The molecule has 0 atom stereocenters. The molecule has 45 heavy (non-hydrogen) atoms. The van der Waals surface area contributed by atoms with E-state index in [1.54, 1.807) is 6.33 Å². The fraction of sp³-hybridized carbons (Fsp3) is 0.0698. The molecule has 212 valence electrons. The highest BCUT2D eigenvalue weighted by Gasteiger charge is 2.37. The largest absolute Gasteiger partial charge is 0.245 e. The van der Waals surface area contributed by atoms with Gasteiger partial charge >= 0.3 is 0 Å². The monoisotopic (exact) mass is 574 g/mol. The molecule has 0 fully saturated rings. The maximum Gasteiger partial charge on any atom is 0.116 e. The van der Waals surface area contributed by atoms with E-state index in [1.807, 2.05) is 12.3 Å². The summed E-state index contributed by atoms with van der Waals surface area (Å²) < 4.78 is 0. The van der Waals surface area contributed by atoms with Crippen molar-refractivity contribution < 1.29 is 0 Å². The topological polar surface area (TPSA) is 25.8 Å². The molecule has 0 spiro atoms. The molecule has 1 heterocycles. The summed E-state index contributed by atoms with van der Waals surface area (Å²) in [6, 6.07) is 49.0. The van der Waals surface area contributed by atoms with Crippen LogP contribution in [0.4, 0.5) is 0 Å². The molecule has 7 aromatic carbocycles. The van der Waals surface area contributed by atoms with Crippen LogP contribution in [0.2, 0.25) is 0 Å². The number of aromatic nitrogens is 2. The Morgan fingerprint density at radius 3 is 1.98 bits per heavy atom. The molecule has 1 aliphatic rings. The summed E-state index contributed by atoms with van der Waals surface area (Å²) in [5, 5.41) is 7.33.